The first-order valence-electron chi connectivity index (χ1n) is 4.28. The zero-order valence-corrected chi connectivity index (χ0v) is 10.9. The molecular formula is C9H8BrClF5NO. The third-order valence-corrected chi connectivity index (χ3v) is 2.50. The predicted molar refractivity (Wildman–Crippen MR) is 61.0 cm³/mol. The highest BCUT2D eigenvalue weighted by atomic mass is 79.9. The third kappa shape index (κ3) is 3.69. The van der Waals surface area contributed by atoms with E-state index in [1.807, 2.05) is 0 Å². The van der Waals surface area contributed by atoms with Crippen molar-refractivity contribution >= 4 is 28.3 Å². The van der Waals surface area contributed by atoms with Crippen molar-refractivity contribution in [1.29, 1.82) is 0 Å². The summed E-state index contributed by atoms with van der Waals surface area (Å²) in [6.07, 6.45) is -7.92. The monoisotopic (exact) mass is 355 g/mol. The Labute approximate surface area is 114 Å². The van der Waals surface area contributed by atoms with Gasteiger partial charge in [0.15, 0.2) is 0 Å². The lowest BCUT2D eigenvalue weighted by Gasteiger charge is -2.17. The maximum absolute atomic E-state index is 12.5. The van der Waals surface area contributed by atoms with Crippen molar-refractivity contribution in [2.45, 2.75) is 18.6 Å². The quantitative estimate of drug-likeness (QED) is 0.791. The maximum atomic E-state index is 12.5. The van der Waals surface area contributed by atoms with Crippen molar-refractivity contribution in [3.63, 3.8) is 0 Å². The first kappa shape index (κ1) is 17.4. The van der Waals surface area contributed by atoms with Gasteiger partial charge < -0.3 is 10.8 Å². The van der Waals surface area contributed by atoms with Gasteiger partial charge in [-0.3, -0.25) is 0 Å². The molecule has 3 N–H and O–H groups in total. The highest BCUT2D eigenvalue weighted by Gasteiger charge is 2.36. The zero-order chi connectivity index (χ0) is 13.4. The molecule has 0 aliphatic rings. The van der Waals surface area contributed by atoms with Crippen molar-refractivity contribution in [3.05, 3.63) is 27.7 Å². The van der Waals surface area contributed by atoms with Gasteiger partial charge in [0.1, 0.15) is 5.75 Å². The number of nitrogens with two attached hydrogens (primary N) is 1. The molecule has 1 aromatic rings. The van der Waals surface area contributed by atoms with E-state index in [9.17, 15) is 27.1 Å². The summed E-state index contributed by atoms with van der Waals surface area (Å²) in [5.41, 5.74) is 2.97. The molecule has 1 aromatic carbocycles. The molecule has 0 unspecified atom stereocenters. The van der Waals surface area contributed by atoms with Crippen molar-refractivity contribution < 1.29 is 27.1 Å². The van der Waals surface area contributed by atoms with Gasteiger partial charge in [0.05, 0.1) is 11.6 Å². The molecule has 0 spiro atoms. The number of alkyl halides is 5. The fraction of sp³-hybridized carbons (Fsp3) is 0.333. The molecule has 9 heteroatoms. The van der Waals surface area contributed by atoms with Crippen LogP contribution in [0.5, 0.6) is 5.75 Å². The van der Waals surface area contributed by atoms with E-state index < -0.39 is 35.5 Å². The topological polar surface area (TPSA) is 46.2 Å². The molecule has 2 nitrogen and oxygen atoms in total. The Morgan fingerprint density at radius 2 is 1.72 bits per heavy atom. The number of hydrogen-bond acceptors (Lipinski definition) is 2. The summed E-state index contributed by atoms with van der Waals surface area (Å²) in [6, 6.07) is -0.452. The van der Waals surface area contributed by atoms with Crippen LogP contribution in [0, 0.1) is 0 Å². The number of rotatable bonds is 2. The second-order valence-electron chi connectivity index (χ2n) is 3.25. The highest BCUT2D eigenvalue weighted by molar-refractivity contribution is 9.10. The molecule has 0 heterocycles. The van der Waals surface area contributed by atoms with E-state index in [0.717, 1.165) is 6.07 Å². The number of halogens is 7. The fourth-order valence-corrected chi connectivity index (χ4v) is 1.70. The van der Waals surface area contributed by atoms with Crippen LogP contribution in [0.2, 0.25) is 0 Å². The van der Waals surface area contributed by atoms with Gasteiger partial charge >= 0.3 is 6.18 Å². The highest BCUT2D eigenvalue weighted by Crippen LogP contribution is 2.41. The molecule has 0 fully saturated rings. The molecule has 0 saturated heterocycles. The first-order valence-corrected chi connectivity index (χ1v) is 5.07. The largest absolute Gasteiger partial charge is 0.507 e. The van der Waals surface area contributed by atoms with Gasteiger partial charge in [0.25, 0.3) is 6.43 Å². The summed E-state index contributed by atoms with van der Waals surface area (Å²) in [6.45, 7) is 0. The molecule has 0 saturated carbocycles. The number of phenols is 1. The maximum Gasteiger partial charge on any atom is 0.420 e. The molecule has 0 radical (unpaired) electrons. The van der Waals surface area contributed by atoms with Crippen LogP contribution in [-0.4, -0.2) is 11.5 Å². The molecule has 0 aromatic heterocycles. The molecule has 1 atom stereocenters. The van der Waals surface area contributed by atoms with E-state index in [2.05, 4.69) is 15.9 Å². The van der Waals surface area contributed by atoms with Crippen molar-refractivity contribution in [2.75, 3.05) is 0 Å². The van der Waals surface area contributed by atoms with Gasteiger partial charge in [-0.1, -0.05) is 15.9 Å². The van der Waals surface area contributed by atoms with Crippen LogP contribution in [-0.2, 0) is 6.18 Å². The summed E-state index contributed by atoms with van der Waals surface area (Å²) in [5, 5.41) is 9.31. The van der Waals surface area contributed by atoms with Crippen molar-refractivity contribution in [1.82, 2.24) is 0 Å². The van der Waals surface area contributed by atoms with Crippen LogP contribution >= 0.6 is 28.3 Å². The summed E-state index contributed by atoms with van der Waals surface area (Å²) in [7, 11) is 0. The lowest BCUT2D eigenvalue weighted by molar-refractivity contribution is -0.138. The van der Waals surface area contributed by atoms with Crippen molar-refractivity contribution in [2.24, 2.45) is 5.73 Å². The SMILES string of the molecule is Cl.N[C@@H](c1cc(Br)cc(C(F)(F)F)c1O)C(F)F. The number of phenolic OH excluding ortho intramolecular Hbond substituents is 1. The van der Waals surface area contributed by atoms with Gasteiger partial charge in [-0.2, -0.15) is 13.2 Å². The van der Waals surface area contributed by atoms with Crippen molar-refractivity contribution in [3.8, 4) is 5.75 Å². The second-order valence-corrected chi connectivity index (χ2v) is 4.16. The zero-order valence-electron chi connectivity index (χ0n) is 8.51. The molecule has 18 heavy (non-hydrogen) atoms. The predicted octanol–water partition coefficient (Wildman–Crippen LogP) is 3.86. The second kappa shape index (κ2) is 6.03. The molecule has 0 amide bonds. The summed E-state index contributed by atoms with van der Waals surface area (Å²) >= 11 is 2.75. The van der Waals surface area contributed by atoms with E-state index in [0.29, 0.717) is 6.07 Å². The fourth-order valence-electron chi connectivity index (χ4n) is 1.23. The molecule has 1 rings (SSSR count). The lowest BCUT2D eigenvalue weighted by atomic mass is 10.0. The summed E-state index contributed by atoms with van der Waals surface area (Å²) in [4.78, 5) is 0. The van der Waals surface area contributed by atoms with Gasteiger partial charge in [-0.15, -0.1) is 12.4 Å². The van der Waals surface area contributed by atoms with E-state index in [1.54, 1.807) is 0 Å². The Morgan fingerprint density at radius 1 is 1.22 bits per heavy atom. The van der Waals surface area contributed by atoms with Crippen LogP contribution in [0.1, 0.15) is 17.2 Å². The van der Waals surface area contributed by atoms with Gasteiger partial charge in [0.2, 0.25) is 0 Å². The summed E-state index contributed by atoms with van der Waals surface area (Å²) < 4.78 is 61.9. The minimum Gasteiger partial charge on any atom is -0.507 e. The first-order chi connectivity index (χ1) is 7.64. The lowest BCUT2D eigenvalue weighted by Crippen LogP contribution is -2.20. The Bertz CT molecular complexity index is 426. The number of hydrogen-bond donors (Lipinski definition) is 2. The molecule has 104 valence electrons. The molecule has 0 bridgehead atoms. The van der Waals surface area contributed by atoms with Crippen LogP contribution in [0.15, 0.2) is 16.6 Å². The molecule has 0 aliphatic carbocycles. The van der Waals surface area contributed by atoms with Gasteiger partial charge in [-0.25, -0.2) is 8.78 Å². The van der Waals surface area contributed by atoms with Crippen LogP contribution in [0.4, 0.5) is 22.0 Å². The standard InChI is InChI=1S/C9H7BrF5NO.ClH/c10-3-1-4(6(16)8(11)12)7(17)5(2-3)9(13,14)15;/h1-2,6,8,17H,16H2;1H/t6-;/m0./s1. The Morgan fingerprint density at radius 3 is 2.11 bits per heavy atom. The molecular weight excluding hydrogens is 348 g/mol. The Balaban J connectivity index is 0.00000289. The van der Waals surface area contributed by atoms with Crippen LogP contribution in [0.25, 0.3) is 0 Å². The normalized spacial score (nSPS) is 13.3. The minimum absolute atomic E-state index is 0. The Hall–Kier alpha value is -0.600. The van der Waals surface area contributed by atoms with E-state index in [-0.39, 0.29) is 16.9 Å². The number of benzene rings is 1. The smallest absolute Gasteiger partial charge is 0.420 e. The van der Waals surface area contributed by atoms with Gasteiger partial charge in [-0.05, 0) is 12.1 Å². The molecule has 0 aliphatic heterocycles. The average molecular weight is 357 g/mol. The van der Waals surface area contributed by atoms with Crippen LogP contribution < -0.4 is 5.73 Å². The van der Waals surface area contributed by atoms with E-state index in [1.165, 1.54) is 0 Å². The Kier molecular flexibility index (Phi) is 5.83. The van der Waals surface area contributed by atoms with Crippen LogP contribution in [0.3, 0.4) is 0 Å². The third-order valence-electron chi connectivity index (χ3n) is 2.04. The number of aromatic hydroxyl groups is 1. The van der Waals surface area contributed by atoms with E-state index in [4.69, 9.17) is 5.73 Å². The van der Waals surface area contributed by atoms with E-state index >= 15 is 0 Å². The summed E-state index contributed by atoms with van der Waals surface area (Å²) in [5.74, 6) is -1.27. The van der Waals surface area contributed by atoms with Gasteiger partial charge in [0, 0.05) is 10.0 Å². The average Bonchev–Trinajstić information content (AvgIpc) is 2.18. The minimum atomic E-state index is -4.84.